The number of methoxy groups -OCH3 is 1. The molecule has 0 aliphatic rings. The Labute approximate surface area is 142 Å². The molecular formula is C15H13ClN6O2. The highest BCUT2D eigenvalue weighted by molar-refractivity contribution is 6.31. The second-order valence-corrected chi connectivity index (χ2v) is 5.07. The van der Waals surface area contributed by atoms with E-state index in [1.54, 1.807) is 47.4 Å². The molecule has 9 heteroatoms. The van der Waals surface area contributed by atoms with Gasteiger partial charge in [0.1, 0.15) is 17.9 Å². The molecule has 2 N–H and O–H groups in total. The van der Waals surface area contributed by atoms with E-state index in [1.165, 1.54) is 13.4 Å². The van der Waals surface area contributed by atoms with Gasteiger partial charge in [-0.05, 0) is 24.3 Å². The molecule has 0 saturated heterocycles. The van der Waals surface area contributed by atoms with Crippen molar-refractivity contribution in [3.05, 3.63) is 54.1 Å². The fourth-order valence-electron chi connectivity index (χ4n) is 1.99. The SMILES string of the molecule is COc1ccc(Cl)cc1NC(=O)Nc1cc(-n2cccn2)ncn1. The van der Waals surface area contributed by atoms with E-state index in [0.717, 1.165) is 0 Å². The number of nitrogens with zero attached hydrogens (tertiary/aromatic N) is 4. The van der Waals surface area contributed by atoms with Crippen LogP contribution in [0.2, 0.25) is 5.02 Å². The lowest BCUT2D eigenvalue weighted by molar-refractivity contribution is 0.262. The summed E-state index contributed by atoms with van der Waals surface area (Å²) in [5.74, 6) is 1.36. The number of ether oxygens (including phenoxy) is 1. The lowest BCUT2D eigenvalue weighted by atomic mass is 10.3. The molecule has 2 amide bonds. The molecule has 0 atom stereocenters. The van der Waals surface area contributed by atoms with Gasteiger partial charge in [0, 0.05) is 23.5 Å². The Balaban J connectivity index is 1.74. The van der Waals surface area contributed by atoms with Crippen LogP contribution in [-0.2, 0) is 0 Å². The number of halogens is 1. The van der Waals surface area contributed by atoms with E-state index in [0.29, 0.717) is 28.1 Å². The minimum absolute atomic E-state index is 0.328. The van der Waals surface area contributed by atoms with Crippen molar-refractivity contribution in [3.8, 4) is 11.6 Å². The van der Waals surface area contributed by atoms with Crippen LogP contribution >= 0.6 is 11.6 Å². The van der Waals surface area contributed by atoms with Crippen LogP contribution in [0.1, 0.15) is 0 Å². The molecule has 0 spiro atoms. The van der Waals surface area contributed by atoms with Gasteiger partial charge in [-0.3, -0.25) is 5.32 Å². The van der Waals surface area contributed by atoms with Crippen LogP contribution in [0.5, 0.6) is 5.75 Å². The summed E-state index contributed by atoms with van der Waals surface area (Å²) < 4.78 is 6.74. The maximum atomic E-state index is 12.2. The van der Waals surface area contributed by atoms with Crippen molar-refractivity contribution in [1.29, 1.82) is 0 Å². The minimum Gasteiger partial charge on any atom is -0.495 e. The fraction of sp³-hybridized carbons (Fsp3) is 0.0667. The molecule has 1 aromatic carbocycles. The van der Waals surface area contributed by atoms with Crippen LogP contribution < -0.4 is 15.4 Å². The molecule has 0 aliphatic carbocycles. The lowest BCUT2D eigenvalue weighted by Crippen LogP contribution is -2.20. The maximum absolute atomic E-state index is 12.2. The molecule has 0 bridgehead atoms. The van der Waals surface area contributed by atoms with Crippen molar-refractivity contribution < 1.29 is 9.53 Å². The quantitative estimate of drug-likeness (QED) is 0.758. The summed E-state index contributed by atoms with van der Waals surface area (Å²) in [6.07, 6.45) is 4.71. The van der Waals surface area contributed by atoms with Crippen LogP contribution in [0.15, 0.2) is 49.1 Å². The molecule has 0 saturated carbocycles. The maximum Gasteiger partial charge on any atom is 0.324 e. The zero-order valence-electron chi connectivity index (χ0n) is 12.6. The number of hydrogen-bond donors (Lipinski definition) is 2. The molecule has 0 fully saturated rings. The summed E-state index contributed by atoms with van der Waals surface area (Å²) in [7, 11) is 1.51. The highest BCUT2D eigenvalue weighted by atomic mass is 35.5. The minimum atomic E-state index is -0.485. The molecule has 24 heavy (non-hydrogen) atoms. The molecule has 0 radical (unpaired) electrons. The van der Waals surface area contributed by atoms with Crippen molar-refractivity contribution in [3.63, 3.8) is 0 Å². The van der Waals surface area contributed by atoms with Gasteiger partial charge in [0.2, 0.25) is 0 Å². The Bertz CT molecular complexity index is 853. The first-order valence-corrected chi connectivity index (χ1v) is 7.27. The number of carbonyl (C=O) groups is 1. The van der Waals surface area contributed by atoms with E-state index in [-0.39, 0.29) is 0 Å². The average molecular weight is 345 g/mol. The van der Waals surface area contributed by atoms with Crippen LogP contribution in [0, 0.1) is 0 Å². The largest absolute Gasteiger partial charge is 0.495 e. The monoisotopic (exact) mass is 344 g/mol. The van der Waals surface area contributed by atoms with Gasteiger partial charge >= 0.3 is 6.03 Å². The van der Waals surface area contributed by atoms with Crippen LogP contribution in [0.3, 0.4) is 0 Å². The predicted octanol–water partition coefficient (Wildman–Crippen LogP) is 2.97. The zero-order chi connectivity index (χ0) is 16.9. The summed E-state index contributed by atoms with van der Waals surface area (Å²) in [6.45, 7) is 0. The average Bonchev–Trinajstić information content (AvgIpc) is 3.10. The van der Waals surface area contributed by atoms with E-state index in [1.807, 2.05) is 0 Å². The molecule has 2 aromatic heterocycles. The highest BCUT2D eigenvalue weighted by Gasteiger charge is 2.10. The van der Waals surface area contributed by atoms with Gasteiger partial charge in [-0.25, -0.2) is 19.4 Å². The summed E-state index contributed by atoms with van der Waals surface area (Å²) in [4.78, 5) is 20.3. The summed E-state index contributed by atoms with van der Waals surface area (Å²) in [6, 6.07) is 7.81. The van der Waals surface area contributed by atoms with Crippen molar-refractivity contribution in [2.75, 3.05) is 17.7 Å². The molecule has 0 aliphatic heterocycles. The van der Waals surface area contributed by atoms with E-state index in [4.69, 9.17) is 16.3 Å². The smallest absolute Gasteiger partial charge is 0.324 e. The number of amides is 2. The second kappa shape index (κ2) is 6.97. The van der Waals surface area contributed by atoms with Gasteiger partial charge in [0.05, 0.1) is 12.8 Å². The van der Waals surface area contributed by atoms with Crippen LogP contribution in [0.25, 0.3) is 5.82 Å². The lowest BCUT2D eigenvalue weighted by Gasteiger charge is -2.11. The van der Waals surface area contributed by atoms with Gasteiger partial charge < -0.3 is 10.1 Å². The van der Waals surface area contributed by atoms with E-state index in [9.17, 15) is 4.79 Å². The molecular weight excluding hydrogens is 332 g/mol. The number of carbonyl (C=O) groups excluding carboxylic acids is 1. The first-order valence-electron chi connectivity index (χ1n) is 6.89. The standard InChI is InChI=1S/C15H13ClN6O2/c1-24-12-4-3-10(16)7-11(12)20-15(23)21-13-8-14(18-9-17-13)22-6-2-5-19-22/h2-9H,1H3,(H2,17,18,20,21,23). The molecule has 122 valence electrons. The Kier molecular flexibility index (Phi) is 4.57. The van der Waals surface area contributed by atoms with E-state index in [2.05, 4.69) is 25.7 Å². The van der Waals surface area contributed by atoms with E-state index >= 15 is 0 Å². The first-order chi connectivity index (χ1) is 11.7. The highest BCUT2D eigenvalue weighted by Crippen LogP contribution is 2.27. The topological polar surface area (TPSA) is 94.0 Å². The number of anilines is 2. The van der Waals surface area contributed by atoms with Crippen LogP contribution in [-0.4, -0.2) is 32.9 Å². The molecule has 8 nitrogen and oxygen atoms in total. The predicted molar refractivity (Wildman–Crippen MR) is 89.8 cm³/mol. The number of nitrogens with one attached hydrogen (secondary N) is 2. The number of benzene rings is 1. The van der Waals surface area contributed by atoms with Gasteiger partial charge in [-0.1, -0.05) is 11.6 Å². The van der Waals surface area contributed by atoms with Gasteiger partial charge in [-0.2, -0.15) is 5.10 Å². The van der Waals surface area contributed by atoms with Gasteiger partial charge in [-0.15, -0.1) is 0 Å². The van der Waals surface area contributed by atoms with Crippen molar-refractivity contribution >= 4 is 29.1 Å². The summed E-state index contributed by atoms with van der Waals surface area (Å²) in [5, 5.41) is 9.84. The first kappa shape index (κ1) is 15.8. The van der Waals surface area contributed by atoms with E-state index < -0.39 is 6.03 Å². The number of rotatable bonds is 4. The number of hydrogen-bond acceptors (Lipinski definition) is 5. The molecule has 3 rings (SSSR count). The fourth-order valence-corrected chi connectivity index (χ4v) is 2.16. The van der Waals surface area contributed by atoms with Crippen molar-refractivity contribution in [1.82, 2.24) is 19.7 Å². The third-order valence-corrected chi connectivity index (χ3v) is 3.28. The Morgan fingerprint density at radius 3 is 2.88 bits per heavy atom. The van der Waals surface area contributed by atoms with Gasteiger partial charge in [0.25, 0.3) is 0 Å². The number of aromatic nitrogens is 4. The second-order valence-electron chi connectivity index (χ2n) is 4.64. The molecule has 3 aromatic rings. The Hall–Kier alpha value is -3.13. The normalized spacial score (nSPS) is 10.2. The third kappa shape index (κ3) is 3.61. The van der Waals surface area contributed by atoms with Crippen LogP contribution in [0.4, 0.5) is 16.3 Å². The van der Waals surface area contributed by atoms with Crippen molar-refractivity contribution in [2.45, 2.75) is 0 Å². The Morgan fingerprint density at radius 2 is 2.12 bits per heavy atom. The zero-order valence-corrected chi connectivity index (χ0v) is 13.4. The molecule has 0 unspecified atom stereocenters. The van der Waals surface area contributed by atoms with Crippen molar-refractivity contribution in [2.24, 2.45) is 0 Å². The Morgan fingerprint density at radius 1 is 1.25 bits per heavy atom. The number of urea groups is 1. The summed E-state index contributed by atoms with van der Waals surface area (Å²) >= 11 is 5.94. The molecule has 2 heterocycles. The van der Waals surface area contributed by atoms with Gasteiger partial charge in [0.15, 0.2) is 5.82 Å². The summed E-state index contributed by atoms with van der Waals surface area (Å²) in [5.41, 5.74) is 0.448. The third-order valence-electron chi connectivity index (χ3n) is 3.04.